The molecule has 0 radical (unpaired) electrons. The van der Waals surface area contributed by atoms with Gasteiger partial charge in [-0.15, -0.1) is 0 Å². The van der Waals surface area contributed by atoms with Crippen molar-refractivity contribution in [1.29, 1.82) is 0 Å². The molecule has 0 aromatic heterocycles. The van der Waals surface area contributed by atoms with Crippen LogP contribution < -0.4 is 0 Å². The van der Waals surface area contributed by atoms with Gasteiger partial charge in [0, 0.05) is 13.1 Å². The second kappa shape index (κ2) is 6.84. The van der Waals surface area contributed by atoms with Gasteiger partial charge in [0.05, 0.1) is 0 Å². The van der Waals surface area contributed by atoms with Crippen molar-refractivity contribution in [2.24, 2.45) is 0 Å². The van der Waals surface area contributed by atoms with Crippen molar-refractivity contribution in [1.82, 2.24) is 5.06 Å². The first-order valence-electron chi connectivity index (χ1n) is 3.45. The van der Waals surface area contributed by atoms with Gasteiger partial charge < -0.3 is 4.89 Å². The van der Waals surface area contributed by atoms with Crippen LogP contribution >= 0.6 is 8.25 Å². The van der Waals surface area contributed by atoms with Gasteiger partial charge in [-0.3, -0.25) is 4.57 Å². The molecule has 1 aliphatic rings. The fourth-order valence-electron chi connectivity index (χ4n) is 1.07. The summed E-state index contributed by atoms with van der Waals surface area (Å²) in [5.74, 6) is 0. The number of hydrogen-bond acceptors (Lipinski definition) is 3. The SMILES string of the molecule is O=[PH](O)ON1CCCCC1.[CaH2]. The summed E-state index contributed by atoms with van der Waals surface area (Å²) in [6.45, 7) is 1.58. The van der Waals surface area contributed by atoms with Gasteiger partial charge in [0.2, 0.25) is 0 Å². The Balaban J connectivity index is 0.000001000. The minimum atomic E-state index is -2.76. The maximum atomic E-state index is 10.2. The van der Waals surface area contributed by atoms with E-state index in [2.05, 4.69) is 4.62 Å². The zero-order valence-electron chi connectivity index (χ0n) is 5.75. The standard InChI is InChI=1S/C5H12NO3P.Ca.2H/c7-10(8)9-6-4-2-1-3-5-6;;;/h10H,1-5H2,(H,7,8);;;. The molecule has 1 heterocycles. The molecule has 1 aliphatic heterocycles. The molecular formula is C5H14CaNO3P. The molecule has 1 fully saturated rings. The Hall–Kier alpha value is 1.37. The van der Waals surface area contributed by atoms with Gasteiger partial charge in [0.1, 0.15) is 0 Å². The average Bonchev–Trinajstić information content (AvgIpc) is 1.88. The van der Waals surface area contributed by atoms with Crippen LogP contribution in [0.4, 0.5) is 0 Å². The average molecular weight is 207 g/mol. The number of rotatable bonds is 2. The molecule has 0 amide bonds. The molecule has 0 aromatic carbocycles. The molecular weight excluding hydrogens is 193 g/mol. The van der Waals surface area contributed by atoms with E-state index >= 15 is 0 Å². The van der Waals surface area contributed by atoms with Crippen LogP contribution in [0.15, 0.2) is 0 Å². The van der Waals surface area contributed by atoms with Gasteiger partial charge in [-0.05, 0) is 12.8 Å². The molecule has 6 heteroatoms. The van der Waals surface area contributed by atoms with E-state index in [1.165, 1.54) is 6.42 Å². The minimum absolute atomic E-state index is 0. The normalized spacial score (nSPS) is 22.3. The Morgan fingerprint density at radius 3 is 2.27 bits per heavy atom. The third-order valence-corrected chi connectivity index (χ3v) is 1.94. The molecule has 64 valence electrons. The molecule has 1 rings (SSSR count). The number of hydroxylamine groups is 2. The number of nitrogens with zero attached hydrogens (tertiary/aromatic N) is 1. The van der Waals surface area contributed by atoms with E-state index in [0.717, 1.165) is 25.9 Å². The van der Waals surface area contributed by atoms with Crippen molar-refractivity contribution in [2.75, 3.05) is 13.1 Å². The molecule has 0 spiro atoms. The zero-order valence-corrected chi connectivity index (χ0v) is 6.75. The van der Waals surface area contributed by atoms with Crippen molar-refractivity contribution < 1.29 is 14.1 Å². The molecule has 1 N–H and O–H groups in total. The first kappa shape index (κ1) is 12.4. The van der Waals surface area contributed by atoms with Gasteiger partial charge in [0.15, 0.2) is 0 Å². The zero-order chi connectivity index (χ0) is 7.40. The second-order valence-corrected chi connectivity index (χ2v) is 3.06. The fourth-order valence-corrected chi connectivity index (χ4v) is 1.47. The van der Waals surface area contributed by atoms with E-state index < -0.39 is 8.25 Å². The van der Waals surface area contributed by atoms with Crippen LogP contribution in [0.2, 0.25) is 0 Å². The summed E-state index contributed by atoms with van der Waals surface area (Å²) >= 11 is 0. The van der Waals surface area contributed by atoms with Crippen LogP contribution in [-0.2, 0) is 9.19 Å². The molecule has 0 saturated carbocycles. The first-order chi connectivity index (χ1) is 4.79. The van der Waals surface area contributed by atoms with E-state index in [4.69, 9.17) is 4.89 Å². The van der Waals surface area contributed by atoms with E-state index in [1.54, 1.807) is 5.06 Å². The van der Waals surface area contributed by atoms with Crippen LogP contribution in [0.3, 0.4) is 0 Å². The molecule has 11 heavy (non-hydrogen) atoms. The van der Waals surface area contributed by atoms with Gasteiger partial charge in [0.25, 0.3) is 0 Å². The summed E-state index contributed by atoms with van der Waals surface area (Å²) in [6.07, 6.45) is 3.33. The number of piperidine rings is 1. The Kier molecular flexibility index (Phi) is 7.69. The fraction of sp³-hybridized carbons (Fsp3) is 1.00. The van der Waals surface area contributed by atoms with Crippen molar-refractivity contribution >= 4 is 46.0 Å². The molecule has 0 bridgehead atoms. The van der Waals surface area contributed by atoms with Crippen LogP contribution in [0.5, 0.6) is 0 Å². The molecule has 1 saturated heterocycles. The van der Waals surface area contributed by atoms with Crippen LogP contribution in [0.1, 0.15) is 19.3 Å². The second-order valence-electron chi connectivity index (χ2n) is 2.35. The van der Waals surface area contributed by atoms with Gasteiger partial charge in [-0.2, -0.15) is 5.06 Å². The molecule has 0 aromatic rings. The quantitative estimate of drug-likeness (QED) is 0.506. The number of hydrogen-bond donors (Lipinski definition) is 1. The third-order valence-electron chi connectivity index (χ3n) is 1.52. The van der Waals surface area contributed by atoms with Crippen molar-refractivity contribution in [3.8, 4) is 0 Å². The van der Waals surface area contributed by atoms with E-state index in [0.29, 0.717) is 0 Å². The van der Waals surface area contributed by atoms with Crippen LogP contribution in [-0.4, -0.2) is 60.8 Å². The van der Waals surface area contributed by atoms with Gasteiger partial charge in [-0.25, -0.2) is 4.62 Å². The molecule has 0 aliphatic carbocycles. The van der Waals surface area contributed by atoms with Crippen molar-refractivity contribution in [3.05, 3.63) is 0 Å². The van der Waals surface area contributed by atoms with Crippen molar-refractivity contribution in [2.45, 2.75) is 19.3 Å². The Bertz CT molecular complexity index is 129. The van der Waals surface area contributed by atoms with Gasteiger partial charge in [-0.1, -0.05) is 6.42 Å². The first-order valence-corrected chi connectivity index (χ1v) is 4.71. The van der Waals surface area contributed by atoms with Crippen LogP contribution in [0, 0.1) is 0 Å². The summed E-state index contributed by atoms with van der Waals surface area (Å²) in [7, 11) is -2.76. The third kappa shape index (κ3) is 5.58. The Labute approximate surface area is 96.8 Å². The predicted octanol–water partition coefficient (Wildman–Crippen LogP) is -0.130. The summed E-state index contributed by atoms with van der Waals surface area (Å²) in [5.41, 5.74) is 0. The molecule has 4 nitrogen and oxygen atoms in total. The maximum absolute atomic E-state index is 10.2. The van der Waals surface area contributed by atoms with E-state index in [9.17, 15) is 4.57 Å². The van der Waals surface area contributed by atoms with E-state index in [1.807, 2.05) is 0 Å². The summed E-state index contributed by atoms with van der Waals surface area (Å²) in [6, 6.07) is 0. The van der Waals surface area contributed by atoms with E-state index in [-0.39, 0.29) is 37.7 Å². The summed E-state index contributed by atoms with van der Waals surface area (Å²) < 4.78 is 14.8. The topological polar surface area (TPSA) is 49.8 Å². The monoisotopic (exact) mass is 207 g/mol. The van der Waals surface area contributed by atoms with Crippen molar-refractivity contribution in [3.63, 3.8) is 0 Å². The predicted molar refractivity (Wildman–Crippen MR) is 46.3 cm³/mol. The molecule has 1 atom stereocenters. The summed E-state index contributed by atoms with van der Waals surface area (Å²) in [5, 5.41) is 1.57. The molecule has 1 unspecified atom stereocenters. The Morgan fingerprint density at radius 2 is 1.82 bits per heavy atom. The van der Waals surface area contributed by atoms with Gasteiger partial charge >= 0.3 is 46.0 Å². The summed E-state index contributed by atoms with van der Waals surface area (Å²) in [4.78, 5) is 8.39. The van der Waals surface area contributed by atoms with Crippen LogP contribution in [0.25, 0.3) is 0 Å². The Morgan fingerprint density at radius 1 is 1.27 bits per heavy atom.